The van der Waals surface area contributed by atoms with Gasteiger partial charge < -0.3 is 10.6 Å². The van der Waals surface area contributed by atoms with Gasteiger partial charge in [-0.2, -0.15) is 4.37 Å². The summed E-state index contributed by atoms with van der Waals surface area (Å²) in [6.07, 6.45) is 0. The molecule has 1 saturated heterocycles. The van der Waals surface area contributed by atoms with E-state index in [1.165, 1.54) is 22.1 Å². The Morgan fingerprint density at radius 2 is 2.00 bits per heavy atom. The molecular weight excluding hydrogens is 280 g/mol. The Kier molecular flexibility index (Phi) is 3.87. The summed E-state index contributed by atoms with van der Waals surface area (Å²) >= 11 is 1.49. The highest BCUT2D eigenvalue weighted by molar-refractivity contribution is 7.10. The lowest BCUT2D eigenvalue weighted by Crippen LogP contribution is -2.58. The van der Waals surface area contributed by atoms with Crippen molar-refractivity contribution in [1.29, 1.82) is 0 Å². The number of hydrogen-bond donors (Lipinski definition) is 1. The van der Waals surface area contributed by atoms with Crippen molar-refractivity contribution >= 4 is 22.4 Å². The van der Waals surface area contributed by atoms with Gasteiger partial charge in [0.1, 0.15) is 10.8 Å². The first kappa shape index (κ1) is 14.4. The Balaban J connectivity index is 1.70. The number of nitrogens with zero attached hydrogens (tertiary/aromatic N) is 3. The van der Waals surface area contributed by atoms with Crippen LogP contribution in [0.5, 0.6) is 0 Å². The minimum absolute atomic E-state index is 0.132. The number of nitrogens with two attached hydrogens (primary N) is 1. The van der Waals surface area contributed by atoms with E-state index >= 15 is 0 Å². The normalized spacial score (nSPS) is 18.9. The fourth-order valence-electron chi connectivity index (χ4n) is 2.90. The highest BCUT2D eigenvalue weighted by atomic mass is 32.1. The van der Waals surface area contributed by atoms with Crippen LogP contribution in [0.3, 0.4) is 0 Å². The number of benzene rings is 1. The minimum atomic E-state index is 0.132. The highest BCUT2D eigenvalue weighted by Crippen LogP contribution is 2.30. The van der Waals surface area contributed by atoms with Gasteiger partial charge in [-0.3, -0.25) is 4.90 Å². The summed E-state index contributed by atoms with van der Waals surface area (Å²) in [5, 5.41) is 1.18. The van der Waals surface area contributed by atoms with Gasteiger partial charge in [-0.25, -0.2) is 0 Å². The second kappa shape index (κ2) is 5.66. The van der Waals surface area contributed by atoms with E-state index in [0.717, 1.165) is 26.2 Å². The molecule has 4 nitrogen and oxygen atoms in total. The van der Waals surface area contributed by atoms with Crippen molar-refractivity contribution in [2.45, 2.75) is 25.9 Å². The van der Waals surface area contributed by atoms with E-state index in [9.17, 15) is 0 Å². The predicted octanol–water partition coefficient (Wildman–Crippen LogP) is 2.83. The SMILES string of the molecule is CC1(C)CN(c2cc(N)ns2)CCN1Cc1ccccc1. The lowest BCUT2D eigenvalue weighted by molar-refractivity contribution is 0.0966. The fourth-order valence-corrected chi connectivity index (χ4v) is 3.60. The number of aromatic nitrogens is 1. The number of piperazine rings is 1. The zero-order valence-electron chi connectivity index (χ0n) is 12.6. The molecule has 2 heterocycles. The quantitative estimate of drug-likeness (QED) is 0.947. The fraction of sp³-hybridized carbons (Fsp3) is 0.438. The van der Waals surface area contributed by atoms with Gasteiger partial charge in [0.2, 0.25) is 0 Å². The van der Waals surface area contributed by atoms with Crippen LogP contribution >= 0.6 is 11.5 Å². The van der Waals surface area contributed by atoms with Crippen molar-refractivity contribution < 1.29 is 0 Å². The third-order valence-electron chi connectivity index (χ3n) is 4.12. The highest BCUT2D eigenvalue weighted by Gasteiger charge is 2.34. The number of nitrogen functional groups attached to an aromatic ring is 1. The average molecular weight is 302 g/mol. The Morgan fingerprint density at radius 3 is 2.62 bits per heavy atom. The van der Waals surface area contributed by atoms with Crippen molar-refractivity contribution in [2.24, 2.45) is 0 Å². The molecule has 1 aliphatic rings. The van der Waals surface area contributed by atoms with Gasteiger partial charge in [0.15, 0.2) is 0 Å². The molecular formula is C16H22N4S. The van der Waals surface area contributed by atoms with E-state index in [-0.39, 0.29) is 5.54 Å². The van der Waals surface area contributed by atoms with Crippen molar-refractivity contribution in [3.63, 3.8) is 0 Å². The molecule has 0 aliphatic carbocycles. The molecule has 0 bridgehead atoms. The molecule has 2 N–H and O–H groups in total. The zero-order valence-corrected chi connectivity index (χ0v) is 13.4. The number of rotatable bonds is 3. The van der Waals surface area contributed by atoms with Crippen LogP contribution in [0.4, 0.5) is 10.8 Å². The van der Waals surface area contributed by atoms with Gasteiger partial charge in [-0.05, 0) is 30.9 Å². The molecule has 0 spiro atoms. The first-order chi connectivity index (χ1) is 10.0. The third kappa shape index (κ3) is 3.19. The third-order valence-corrected chi connectivity index (χ3v) is 4.98. The van der Waals surface area contributed by atoms with Crippen LogP contribution in [0.15, 0.2) is 36.4 Å². The Bertz CT molecular complexity index is 593. The second-order valence-electron chi connectivity index (χ2n) is 6.23. The molecule has 0 amide bonds. The lowest BCUT2D eigenvalue weighted by atomic mass is 9.98. The molecule has 2 aromatic rings. The van der Waals surface area contributed by atoms with Crippen molar-refractivity contribution in [3.05, 3.63) is 42.0 Å². The van der Waals surface area contributed by atoms with Crippen LogP contribution in [-0.4, -0.2) is 34.4 Å². The topological polar surface area (TPSA) is 45.4 Å². The van der Waals surface area contributed by atoms with Crippen molar-refractivity contribution in [1.82, 2.24) is 9.27 Å². The number of hydrogen-bond acceptors (Lipinski definition) is 5. The van der Waals surface area contributed by atoms with Gasteiger partial charge in [-0.15, -0.1) is 0 Å². The molecule has 1 aromatic heterocycles. The molecule has 0 unspecified atom stereocenters. The van der Waals surface area contributed by atoms with E-state index in [1.807, 2.05) is 6.07 Å². The van der Waals surface area contributed by atoms with E-state index in [0.29, 0.717) is 5.82 Å². The Labute approximate surface area is 130 Å². The van der Waals surface area contributed by atoms with Crippen molar-refractivity contribution in [3.8, 4) is 0 Å². The predicted molar refractivity (Wildman–Crippen MR) is 89.7 cm³/mol. The summed E-state index contributed by atoms with van der Waals surface area (Å²) in [4.78, 5) is 4.96. The molecule has 21 heavy (non-hydrogen) atoms. The average Bonchev–Trinajstić information content (AvgIpc) is 2.89. The van der Waals surface area contributed by atoms with Gasteiger partial charge in [-0.1, -0.05) is 30.3 Å². The van der Waals surface area contributed by atoms with Gasteiger partial charge in [0, 0.05) is 37.8 Å². The molecule has 1 aliphatic heterocycles. The van der Waals surface area contributed by atoms with Crippen LogP contribution < -0.4 is 10.6 Å². The minimum Gasteiger partial charge on any atom is -0.383 e. The van der Waals surface area contributed by atoms with E-state index in [4.69, 9.17) is 5.73 Å². The summed E-state index contributed by atoms with van der Waals surface area (Å²) in [5.41, 5.74) is 7.25. The van der Waals surface area contributed by atoms with Crippen LogP contribution in [0.2, 0.25) is 0 Å². The van der Waals surface area contributed by atoms with Crippen LogP contribution in [0, 0.1) is 0 Å². The van der Waals surface area contributed by atoms with Gasteiger partial charge in [0.05, 0.1) is 0 Å². The van der Waals surface area contributed by atoms with Crippen LogP contribution in [0.25, 0.3) is 0 Å². The van der Waals surface area contributed by atoms with Gasteiger partial charge in [0.25, 0.3) is 0 Å². The molecule has 5 heteroatoms. The van der Waals surface area contributed by atoms with Gasteiger partial charge >= 0.3 is 0 Å². The molecule has 0 atom stereocenters. The molecule has 0 saturated carbocycles. The Morgan fingerprint density at radius 1 is 1.24 bits per heavy atom. The number of anilines is 2. The van der Waals surface area contributed by atoms with Crippen molar-refractivity contribution in [2.75, 3.05) is 30.3 Å². The molecule has 1 fully saturated rings. The maximum absolute atomic E-state index is 5.74. The molecule has 1 aromatic carbocycles. The molecule has 3 rings (SSSR count). The maximum atomic E-state index is 5.74. The standard InChI is InChI=1S/C16H22N4S/c1-16(2)12-19(15-10-14(17)18-21-15)8-9-20(16)11-13-6-4-3-5-7-13/h3-7,10H,8-9,11-12H2,1-2H3,(H2,17,18). The van der Waals surface area contributed by atoms with E-state index in [1.54, 1.807) is 0 Å². The summed E-state index contributed by atoms with van der Waals surface area (Å²) in [5.74, 6) is 0.625. The lowest BCUT2D eigenvalue weighted by Gasteiger charge is -2.47. The summed E-state index contributed by atoms with van der Waals surface area (Å²) < 4.78 is 4.19. The Hall–Kier alpha value is -1.59. The van der Waals surface area contributed by atoms with E-state index < -0.39 is 0 Å². The summed E-state index contributed by atoms with van der Waals surface area (Å²) in [7, 11) is 0. The largest absolute Gasteiger partial charge is 0.383 e. The monoisotopic (exact) mass is 302 g/mol. The summed E-state index contributed by atoms with van der Waals surface area (Å²) in [6.45, 7) is 8.71. The van der Waals surface area contributed by atoms with Crippen LogP contribution in [0.1, 0.15) is 19.4 Å². The van der Waals surface area contributed by atoms with Crippen LogP contribution in [-0.2, 0) is 6.54 Å². The smallest absolute Gasteiger partial charge is 0.139 e. The second-order valence-corrected chi connectivity index (χ2v) is 7.01. The first-order valence-corrected chi connectivity index (χ1v) is 8.08. The molecule has 112 valence electrons. The zero-order chi connectivity index (χ0) is 14.9. The molecule has 0 radical (unpaired) electrons. The summed E-state index contributed by atoms with van der Waals surface area (Å²) in [6, 6.07) is 12.7. The van der Waals surface area contributed by atoms with E-state index in [2.05, 4.69) is 58.4 Å². The first-order valence-electron chi connectivity index (χ1n) is 7.31. The maximum Gasteiger partial charge on any atom is 0.139 e.